The predicted octanol–water partition coefficient (Wildman–Crippen LogP) is 2.85. The molecule has 0 bridgehead atoms. The van der Waals surface area contributed by atoms with Crippen LogP contribution in [0, 0.1) is 6.92 Å². The van der Waals surface area contributed by atoms with Crippen molar-refractivity contribution in [1.29, 1.82) is 0 Å². The molecule has 0 atom stereocenters. The van der Waals surface area contributed by atoms with Gasteiger partial charge in [-0.1, -0.05) is 17.3 Å². The lowest BCUT2D eigenvalue weighted by Crippen LogP contribution is -2.24. The Hall–Kier alpha value is -3.19. The van der Waals surface area contributed by atoms with Gasteiger partial charge in [0.05, 0.1) is 5.56 Å². The van der Waals surface area contributed by atoms with Crippen molar-refractivity contribution in [3.05, 3.63) is 77.4 Å². The third-order valence-electron chi connectivity index (χ3n) is 3.47. The topological polar surface area (TPSA) is 89.3 Å². The van der Waals surface area contributed by atoms with Crippen molar-refractivity contribution in [2.24, 2.45) is 0 Å². The lowest BCUT2D eigenvalue weighted by Gasteiger charge is -2.12. The Morgan fingerprint density at radius 2 is 2.00 bits per heavy atom. The van der Waals surface area contributed by atoms with Gasteiger partial charge in [-0.2, -0.15) is 0 Å². The summed E-state index contributed by atoms with van der Waals surface area (Å²) in [5.74, 6) is 0.355. The average Bonchev–Trinajstić information content (AvgIpc) is 3.06. The Kier molecular flexibility index (Phi) is 5.38. The maximum absolute atomic E-state index is 12.3. The molecule has 0 fully saturated rings. The van der Waals surface area contributed by atoms with E-state index < -0.39 is 0 Å². The monoisotopic (exact) mass is 338 g/mol. The molecule has 0 spiro atoms. The quantitative estimate of drug-likeness (QED) is 0.644. The van der Waals surface area contributed by atoms with Gasteiger partial charge in [-0.05, 0) is 36.8 Å². The molecule has 7 heteroatoms. The molecule has 128 valence electrons. The van der Waals surface area contributed by atoms with Crippen LogP contribution in [0.3, 0.4) is 0 Å². The van der Waals surface area contributed by atoms with Gasteiger partial charge in [-0.15, -0.1) is 0 Å². The Morgan fingerprint density at radius 1 is 1.20 bits per heavy atom. The molecule has 0 aliphatic carbocycles. The Labute approximate surface area is 145 Å². The summed E-state index contributed by atoms with van der Waals surface area (Å²) in [6.07, 6.45) is 3.46. The van der Waals surface area contributed by atoms with E-state index in [1.165, 1.54) is 0 Å². The highest BCUT2D eigenvalue weighted by atomic mass is 16.7. The number of hydrogen-bond acceptors (Lipinski definition) is 6. The van der Waals surface area contributed by atoms with Crippen LogP contribution in [0.4, 0.5) is 5.69 Å². The molecule has 3 aromatic rings. The maximum Gasteiger partial charge on any atom is 0.276 e. The Balaban J connectivity index is 1.58. The summed E-state index contributed by atoms with van der Waals surface area (Å²) in [5, 5.41) is 7.05. The smallest absolute Gasteiger partial charge is 0.276 e. The van der Waals surface area contributed by atoms with Gasteiger partial charge >= 0.3 is 0 Å². The first-order valence-electron chi connectivity index (χ1n) is 7.78. The zero-order chi connectivity index (χ0) is 17.5. The van der Waals surface area contributed by atoms with Crippen LogP contribution in [0.5, 0.6) is 0 Å². The van der Waals surface area contributed by atoms with Crippen molar-refractivity contribution < 1.29 is 14.2 Å². The average molecular weight is 338 g/mol. The summed E-state index contributed by atoms with van der Waals surface area (Å²) in [6.45, 7) is 2.52. The molecule has 1 aromatic carbocycles. The standard InChI is InChI=1S/C18H18N4O3/c1-13-10-15(21-25-13)12-24-22-18(23)16-4-2-3-5-17(16)20-11-14-6-8-19-9-7-14/h2-10,20H,11-12H2,1H3,(H,22,23). The molecule has 2 aromatic heterocycles. The van der Waals surface area contributed by atoms with Crippen LogP contribution in [0.2, 0.25) is 0 Å². The summed E-state index contributed by atoms with van der Waals surface area (Å²) in [5.41, 5.74) is 5.32. The normalized spacial score (nSPS) is 10.4. The number of amides is 1. The molecule has 0 radical (unpaired) electrons. The molecule has 2 N–H and O–H groups in total. The summed E-state index contributed by atoms with van der Waals surface area (Å²) < 4.78 is 4.94. The number of nitrogens with one attached hydrogen (secondary N) is 2. The van der Waals surface area contributed by atoms with Crippen molar-refractivity contribution in [3.63, 3.8) is 0 Å². The number of rotatable bonds is 7. The molecule has 0 aliphatic rings. The highest BCUT2D eigenvalue weighted by molar-refractivity contribution is 5.98. The van der Waals surface area contributed by atoms with Crippen LogP contribution in [0.25, 0.3) is 0 Å². The maximum atomic E-state index is 12.3. The number of carbonyl (C=O) groups excluding carboxylic acids is 1. The van der Waals surface area contributed by atoms with Crippen LogP contribution in [-0.4, -0.2) is 16.0 Å². The van der Waals surface area contributed by atoms with Crippen molar-refractivity contribution in [2.45, 2.75) is 20.1 Å². The number of hydrogen-bond donors (Lipinski definition) is 2. The minimum absolute atomic E-state index is 0.135. The Bertz CT molecular complexity index is 833. The third-order valence-corrected chi connectivity index (χ3v) is 3.47. The molecule has 0 saturated carbocycles. The Morgan fingerprint density at radius 3 is 2.76 bits per heavy atom. The van der Waals surface area contributed by atoms with Crippen molar-refractivity contribution in [2.75, 3.05) is 5.32 Å². The van der Waals surface area contributed by atoms with Crippen LogP contribution < -0.4 is 10.8 Å². The van der Waals surface area contributed by atoms with E-state index in [4.69, 9.17) is 9.36 Å². The summed E-state index contributed by atoms with van der Waals surface area (Å²) in [7, 11) is 0. The molecule has 0 aliphatic heterocycles. The number of hydroxylamine groups is 1. The lowest BCUT2D eigenvalue weighted by molar-refractivity contribution is 0.0214. The predicted molar refractivity (Wildman–Crippen MR) is 91.5 cm³/mol. The van der Waals surface area contributed by atoms with E-state index in [1.54, 1.807) is 37.5 Å². The number of benzene rings is 1. The number of para-hydroxylation sites is 1. The van der Waals surface area contributed by atoms with Crippen LogP contribution in [0.15, 0.2) is 59.4 Å². The van der Waals surface area contributed by atoms with Crippen molar-refractivity contribution >= 4 is 11.6 Å². The van der Waals surface area contributed by atoms with Gasteiger partial charge < -0.3 is 9.84 Å². The van der Waals surface area contributed by atoms with Gasteiger partial charge in [0.1, 0.15) is 18.1 Å². The second-order valence-corrected chi connectivity index (χ2v) is 5.40. The number of aromatic nitrogens is 2. The number of pyridine rings is 1. The van der Waals surface area contributed by atoms with E-state index in [1.807, 2.05) is 24.3 Å². The van der Waals surface area contributed by atoms with Gasteiger partial charge in [0, 0.05) is 30.7 Å². The number of aryl methyl sites for hydroxylation is 1. The van der Waals surface area contributed by atoms with E-state index in [9.17, 15) is 4.79 Å². The van der Waals surface area contributed by atoms with Gasteiger partial charge in [-0.25, -0.2) is 5.48 Å². The van der Waals surface area contributed by atoms with Gasteiger partial charge in [0.2, 0.25) is 0 Å². The van der Waals surface area contributed by atoms with E-state index in [2.05, 4.69) is 20.9 Å². The molecule has 0 saturated heterocycles. The van der Waals surface area contributed by atoms with Crippen LogP contribution in [0.1, 0.15) is 27.4 Å². The second-order valence-electron chi connectivity index (χ2n) is 5.40. The molecule has 2 heterocycles. The minimum atomic E-state index is -0.335. The lowest BCUT2D eigenvalue weighted by atomic mass is 10.1. The van der Waals surface area contributed by atoms with Crippen LogP contribution in [-0.2, 0) is 18.0 Å². The van der Waals surface area contributed by atoms with E-state index >= 15 is 0 Å². The van der Waals surface area contributed by atoms with E-state index in [0.717, 1.165) is 11.3 Å². The molecule has 25 heavy (non-hydrogen) atoms. The minimum Gasteiger partial charge on any atom is -0.380 e. The number of carbonyl (C=O) groups is 1. The fourth-order valence-electron chi connectivity index (χ4n) is 2.25. The summed E-state index contributed by atoms with van der Waals surface area (Å²) in [4.78, 5) is 21.5. The largest absolute Gasteiger partial charge is 0.380 e. The zero-order valence-electron chi connectivity index (χ0n) is 13.7. The summed E-state index contributed by atoms with van der Waals surface area (Å²) >= 11 is 0. The molecular formula is C18H18N4O3. The molecule has 7 nitrogen and oxygen atoms in total. The van der Waals surface area contributed by atoms with Crippen LogP contribution >= 0.6 is 0 Å². The highest BCUT2D eigenvalue weighted by Gasteiger charge is 2.11. The molecule has 0 unspecified atom stereocenters. The highest BCUT2D eigenvalue weighted by Crippen LogP contribution is 2.16. The molecular weight excluding hydrogens is 320 g/mol. The third kappa shape index (κ3) is 4.65. The van der Waals surface area contributed by atoms with Crippen molar-refractivity contribution in [3.8, 4) is 0 Å². The first kappa shape index (κ1) is 16.7. The fourth-order valence-corrected chi connectivity index (χ4v) is 2.25. The molecule has 3 rings (SSSR count). The van der Waals surface area contributed by atoms with Gasteiger partial charge in [0.25, 0.3) is 5.91 Å². The number of nitrogens with zero attached hydrogens (tertiary/aromatic N) is 2. The SMILES string of the molecule is Cc1cc(CONC(=O)c2ccccc2NCc2ccncc2)no1. The molecule has 1 amide bonds. The van der Waals surface area contributed by atoms with E-state index in [-0.39, 0.29) is 12.5 Å². The fraction of sp³-hybridized carbons (Fsp3) is 0.167. The summed E-state index contributed by atoms with van der Waals surface area (Å²) in [6, 6.07) is 12.8. The van der Waals surface area contributed by atoms with Crippen molar-refractivity contribution in [1.82, 2.24) is 15.6 Å². The second kappa shape index (κ2) is 8.07. The first-order chi connectivity index (χ1) is 12.2. The number of anilines is 1. The van der Waals surface area contributed by atoms with Gasteiger partial charge in [-0.3, -0.25) is 14.6 Å². The first-order valence-corrected chi connectivity index (χ1v) is 7.78. The van der Waals surface area contributed by atoms with Gasteiger partial charge in [0.15, 0.2) is 0 Å². The van der Waals surface area contributed by atoms with E-state index in [0.29, 0.717) is 23.6 Å². The zero-order valence-corrected chi connectivity index (χ0v) is 13.7.